The highest BCUT2D eigenvalue weighted by Gasteiger charge is 2.24. The molecule has 1 fully saturated rings. The monoisotopic (exact) mass is 430 g/mol. The molecule has 0 atom stereocenters. The normalized spacial score (nSPS) is 15.8. The lowest BCUT2D eigenvalue weighted by Gasteiger charge is -2.09. The lowest BCUT2D eigenvalue weighted by molar-refractivity contribution is -0.115. The minimum absolute atomic E-state index is 0.174. The quantitative estimate of drug-likeness (QED) is 0.499. The smallest absolute Gasteiger partial charge is 0.264 e. The molecule has 3 aromatic carbocycles. The van der Waals surface area contributed by atoms with E-state index in [4.69, 9.17) is 9.47 Å². The van der Waals surface area contributed by atoms with Crippen molar-refractivity contribution in [1.82, 2.24) is 5.32 Å². The fourth-order valence-corrected chi connectivity index (χ4v) is 3.82. The van der Waals surface area contributed by atoms with Gasteiger partial charge in [-0.2, -0.15) is 0 Å². The number of carbonyl (C=O) groups is 1. The number of ether oxygens (including phenoxy) is 2. The molecule has 0 radical (unpaired) electrons. The Kier molecular flexibility index (Phi) is 6.69. The molecule has 1 saturated heterocycles. The van der Waals surface area contributed by atoms with Crippen molar-refractivity contribution in [1.29, 1.82) is 0 Å². The maximum Gasteiger partial charge on any atom is 0.264 e. The molecule has 156 valence electrons. The van der Waals surface area contributed by atoms with Crippen LogP contribution < -0.4 is 14.8 Å². The second-order valence-corrected chi connectivity index (χ2v) is 7.75. The van der Waals surface area contributed by atoms with Crippen LogP contribution in [0.1, 0.15) is 18.1 Å². The van der Waals surface area contributed by atoms with Gasteiger partial charge in [-0.25, -0.2) is 4.99 Å². The molecule has 6 heteroatoms. The van der Waals surface area contributed by atoms with Crippen LogP contribution in [-0.4, -0.2) is 17.7 Å². The summed E-state index contributed by atoms with van der Waals surface area (Å²) < 4.78 is 11.4. The van der Waals surface area contributed by atoms with Gasteiger partial charge < -0.3 is 14.8 Å². The van der Waals surface area contributed by atoms with Gasteiger partial charge in [0.1, 0.15) is 18.1 Å². The predicted molar refractivity (Wildman–Crippen MR) is 126 cm³/mol. The summed E-state index contributed by atoms with van der Waals surface area (Å²) in [6.07, 6.45) is 1.83. The summed E-state index contributed by atoms with van der Waals surface area (Å²) in [7, 11) is 0. The first kappa shape index (κ1) is 20.8. The molecule has 0 aliphatic carbocycles. The lowest BCUT2D eigenvalue weighted by Crippen LogP contribution is -2.19. The number of amides is 1. The van der Waals surface area contributed by atoms with Gasteiger partial charge in [-0.05, 0) is 60.7 Å². The fraction of sp³-hybridized carbons (Fsp3) is 0.120. The van der Waals surface area contributed by atoms with Crippen molar-refractivity contribution in [2.75, 3.05) is 6.61 Å². The molecule has 0 saturated carbocycles. The van der Waals surface area contributed by atoms with E-state index in [-0.39, 0.29) is 5.91 Å². The van der Waals surface area contributed by atoms with Crippen LogP contribution in [0, 0.1) is 0 Å². The number of nitrogens with one attached hydrogen (secondary N) is 1. The molecule has 1 heterocycles. The number of nitrogens with zero attached hydrogens (tertiary/aromatic N) is 1. The third-order valence-corrected chi connectivity index (χ3v) is 5.38. The van der Waals surface area contributed by atoms with E-state index in [9.17, 15) is 4.79 Å². The SMILES string of the molecule is CCOc1ccc(N=C2NC(=O)/C(=C\c3ccccc3OCc3ccccc3)S2)cc1. The highest BCUT2D eigenvalue weighted by molar-refractivity contribution is 8.18. The van der Waals surface area contributed by atoms with E-state index in [0.717, 1.165) is 28.3 Å². The number of thioether (sulfide) groups is 1. The molecule has 0 unspecified atom stereocenters. The maximum absolute atomic E-state index is 12.5. The molecular formula is C25H22N2O3S. The minimum Gasteiger partial charge on any atom is -0.494 e. The molecule has 5 nitrogen and oxygen atoms in total. The summed E-state index contributed by atoms with van der Waals surface area (Å²) in [6.45, 7) is 3.02. The van der Waals surface area contributed by atoms with Crippen LogP contribution >= 0.6 is 11.8 Å². The van der Waals surface area contributed by atoms with Crippen LogP contribution in [0.5, 0.6) is 11.5 Å². The number of rotatable bonds is 7. The van der Waals surface area contributed by atoms with Crippen molar-refractivity contribution < 1.29 is 14.3 Å². The Morgan fingerprint density at radius 3 is 2.45 bits per heavy atom. The third kappa shape index (κ3) is 5.55. The molecule has 31 heavy (non-hydrogen) atoms. The van der Waals surface area contributed by atoms with Gasteiger partial charge >= 0.3 is 0 Å². The zero-order valence-corrected chi connectivity index (χ0v) is 17.9. The summed E-state index contributed by atoms with van der Waals surface area (Å²) in [5, 5.41) is 3.37. The van der Waals surface area contributed by atoms with Crippen molar-refractivity contribution in [3.63, 3.8) is 0 Å². The Morgan fingerprint density at radius 1 is 0.935 bits per heavy atom. The van der Waals surface area contributed by atoms with E-state index in [1.807, 2.05) is 91.9 Å². The Labute approximate surface area is 185 Å². The third-order valence-electron chi connectivity index (χ3n) is 4.47. The van der Waals surface area contributed by atoms with Gasteiger partial charge in [0.05, 0.1) is 17.2 Å². The van der Waals surface area contributed by atoms with Gasteiger partial charge in [0.15, 0.2) is 5.17 Å². The number of hydrogen-bond acceptors (Lipinski definition) is 5. The minimum atomic E-state index is -0.174. The maximum atomic E-state index is 12.5. The molecule has 3 aromatic rings. The van der Waals surface area contributed by atoms with Crippen molar-refractivity contribution in [3.8, 4) is 11.5 Å². The van der Waals surface area contributed by atoms with Crippen molar-refractivity contribution in [2.45, 2.75) is 13.5 Å². The first-order valence-electron chi connectivity index (χ1n) is 9.99. The zero-order chi connectivity index (χ0) is 21.5. The van der Waals surface area contributed by atoms with Gasteiger partial charge in [0, 0.05) is 5.56 Å². The van der Waals surface area contributed by atoms with Crippen LogP contribution in [0.25, 0.3) is 6.08 Å². The molecular weight excluding hydrogens is 408 g/mol. The Bertz CT molecular complexity index is 1110. The first-order valence-corrected chi connectivity index (χ1v) is 10.8. The average Bonchev–Trinajstić information content (AvgIpc) is 3.14. The fourth-order valence-electron chi connectivity index (χ4n) is 2.99. The van der Waals surface area contributed by atoms with Gasteiger partial charge in [0.2, 0.25) is 0 Å². The van der Waals surface area contributed by atoms with Crippen LogP contribution in [0.4, 0.5) is 5.69 Å². The van der Waals surface area contributed by atoms with E-state index in [0.29, 0.717) is 23.3 Å². The number of para-hydroxylation sites is 1. The van der Waals surface area contributed by atoms with E-state index in [1.54, 1.807) is 0 Å². The molecule has 0 spiro atoms. The molecule has 4 rings (SSSR count). The van der Waals surface area contributed by atoms with Gasteiger partial charge in [0.25, 0.3) is 5.91 Å². The molecule has 1 amide bonds. The number of hydrogen-bond donors (Lipinski definition) is 1. The Morgan fingerprint density at radius 2 is 1.68 bits per heavy atom. The molecule has 1 N–H and O–H groups in total. The summed E-state index contributed by atoms with van der Waals surface area (Å²) in [6, 6.07) is 25.1. The summed E-state index contributed by atoms with van der Waals surface area (Å²) in [4.78, 5) is 17.6. The molecule has 0 bridgehead atoms. The Hall–Kier alpha value is -3.51. The van der Waals surface area contributed by atoms with Crippen molar-refractivity contribution >= 4 is 34.6 Å². The van der Waals surface area contributed by atoms with Crippen LogP contribution in [0.15, 0.2) is 88.8 Å². The van der Waals surface area contributed by atoms with E-state index >= 15 is 0 Å². The standard InChI is InChI=1S/C25H22N2O3S/c1-2-29-21-14-12-20(13-15-21)26-25-27-24(28)23(31-25)16-19-10-6-7-11-22(19)30-17-18-8-4-3-5-9-18/h3-16H,2,17H2,1H3,(H,26,27,28)/b23-16+. The van der Waals surface area contributed by atoms with Crippen LogP contribution in [0.3, 0.4) is 0 Å². The lowest BCUT2D eigenvalue weighted by atomic mass is 10.2. The Balaban J connectivity index is 1.48. The average molecular weight is 431 g/mol. The largest absolute Gasteiger partial charge is 0.494 e. The predicted octanol–water partition coefficient (Wildman–Crippen LogP) is 5.56. The summed E-state index contributed by atoms with van der Waals surface area (Å²) in [5.74, 6) is 1.35. The highest BCUT2D eigenvalue weighted by Crippen LogP contribution is 2.31. The first-order chi connectivity index (χ1) is 15.2. The summed E-state index contributed by atoms with van der Waals surface area (Å²) in [5.41, 5.74) is 2.68. The van der Waals surface area contributed by atoms with E-state index < -0.39 is 0 Å². The highest BCUT2D eigenvalue weighted by atomic mass is 32.2. The van der Waals surface area contributed by atoms with Crippen LogP contribution in [0.2, 0.25) is 0 Å². The van der Waals surface area contributed by atoms with Gasteiger partial charge in [-0.3, -0.25) is 4.79 Å². The van der Waals surface area contributed by atoms with E-state index in [2.05, 4.69) is 10.3 Å². The molecule has 1 aliphatic heterocycles. The van der Waals surface area contributed by atoms with E-state index in [1.165, 1.54) is 11.8 Å². The van der Waals surface area contributed by atoms with Gasteiger partial charge in [-0.15, -0.1) is 0 Å². The van der Waals surface area contributed by atoms with Crippen molar-refractivity contribution in [2.24, 2.45) is 4.99 Å². The second kappa shape index (κ2) is 10.00. The number of benzene rings is 3. The zero-order valence-electron chi connectivity index (χ0n) is 17.1. The number of amidine groups is 1. The van der Waals surface area contributed by atoms with Crippen molar-refractivity contribution in [3.05, 3.63) is 94.9 Å². The summed E-state index contributed by atoms with van der Waals surface area (Å²) >= 11 is 1.31. The number of carbonyl (C=O) groups excluding carboxylic acids is 1. The number of aliphatic imine (C=N–C) groups is 1. The van der Waals surface area contributed by atoms with Gasteiger partial charge in [-0.1, -0.05) is 48.5 Å². The molecule has 1 aliphatic rings. The molecule has 0 aromatic heterocycles. The second-order valence-electron chi connectivity index (χ2n) is 6.72. The van der Waals surface area contributed by atoms with Crippen LogP contribution in [-0.2, 0) is 11.4 Å². The topological polar surface area (TPSA) is 59.9 Å².